The first-order valence-electron chi connectivity index (χ1n) is 9.84. The number of carbonyl (C=O) groups is 1. The number of methoxy groups -OCH3 is 1. The summed E-state index contributed by atoms with van der Waals surface area (Å²) in [6.45, 7) is 10.6. The van der Waals surface area contributed by atoms with Gasteiger partial charge in [-0.2, -0.15) is 0 Å². The predicted octanol–water partition coefficient (Wildman–Crippen LogP) is 4.68. The molecule has 150 valence electrons. The first kappa shape index (κ1) is 20.4. The minimum Gasteiger partial charge on any atom is -0.493 e. The summed E-state index contributed by atoms with van der Waals surface area (Å²) in [6, 6.07) is 16.5. The van der Waals surface area contributed by atoms with Crippen LogP contribution in [0.3, 0.4) is 0 Å². The standard InChI is InChI=1S/C24H31NO3/c1-23(2,3)28-22-13-19(11-12-21(22)27-5)20-15-25(16-24(20,4)17-26)14-18-9-7-6-8-10-18/h6-13,17,20H,14-16H2,1-5H3/t20-,24?/m0/s1. The lowest BCUT2D eigenvalue weighted by atomic mass is 9.77. The van der Waals surface area contributed by atoms with Gasteiger partial charge in [-0.15, -0.1) is 0 Å². The number of rotatable bonds is 6. The molecule has 4 nitrogen and oxygen atoms in total. The van der Waals surface area contributed by atoms with E-state index in [-0.39, 0.29) is 11.5 Å². The third-order valence-electron chi connectivity index (χ3n) is 5.33. The van der Waals surface area contributed by atoms with Crippen molar-refractivity contribution in [3.8, 4) is 11.5 Å². The average Bonchev–Trinajstić information content (AvgIpc) is 2.98. The van der Waals surface area contributed by atoms with Gasteiger partial charge in [-0.05, 0) is 44.0 Å². The van der Waals surface area contributed by atoms with E-state index in [1.165, 1.54) is 5.56 Å². The van der Waals surface area contributed by atoms with Crippen LogP contribution in [0.5, 0.6) is 11.5 Å². The quantitative estimate of drug-likeness (QED) is 0.681. The molecule has 28 heavy (non-hydrogen) atoms. The van der Waals surface area contributed by atoms with Gasteiger partial charge in [-0.3, -0.25) is 4.90 Å². The molecule has 0 saturated carbocycles. The van der Waals surface area contributed by atoms with Crippen LogP contribution >= 0.6 is 0 Å². The van der Waals surface area contributed by atoms with Gasteiger partial charge in [0, 0.05) is 31.0 Å². The summed E-state index contributed by atoms with van der Waals surface area (Å²) in [6.07, 6.45) is 1.12. The number of hydrogen-bond donors (Lipinski definition) is 0. The predicted molar refractivity (Wildman–Crippen MR) is 112 cm³/mol. The van der Waals surface area contributed by atoms with Gasteiger partial charge in [0.2, 0.25) is 0 Å². The van der Waals surface area contributed by atoms with Gasteiger partial charge in [0.25, 0.3) is 0 Å². The monoisotopic (exact) mass is 381 g/mol. The molecule has 0 N–H and O–H groups in total. The first-order chi connectivity index (χ1) is 13.2. The SMILES string of the molecule is COc1ccc([C@@H]2CN(Cc3ccccc3)CC2(C)C=O)cc1OC(C)(C)C. The lowest BCUT2D eigenvalue weighted by molar-refractivity contribution is -0.115. The van der Waals surface area contributed by atoms with Crippen molar-refractivity contribution in [3.05, 3.63) is 59.7 Å². The minimum atomic E-state index is -0.428. The van der Waals surface area contributed by atoms with Crippen molar-refractivity contribution in [2.75, 3.05) is 20.2 Å². The Morgan fingerprint density at radius 2 is 1.86 bits per heavy atom. The molecule has 0 radical (unpaired) electrons. The molecule has 0 amide bonds. The Bertz CT molecular complexity index is 812. The Balaban J connectivity index is 1.88. The molecule has 0 spiro atoms. The van der Waals surface area contributed by atoms with Gasteiger partial charge in [0.1, 0.15) is 11.9 Å². The summed E-state index contributed by atoms with van der Waals surface area (Å²) in [5.41, 5.74) is 1.63. The van der Waals surface area contributed by atoms with Gasteiger partial charge in [-0.1, -0.05) is 43.3 Å². The highest BCUT2D eigenvalue weighted by atomic mass is 16.5. The molecule has 1 saturated heterocycles. The topological polar surface area (TPSA) is 38.8 Å². The maximum Gasteiger partial charge on any atom is 0.162 e. The van der Waals surface area contributed by atoms with E-state index >= 15 is 0 Å². The fourth-order valence-corrected chi connectivity index (χ4v) is 4.01. The molecule has 0 aliphatic carbocycles. The second-order valence-corrected chi connectivity index (χ2v) is 8.96. The molecule has 4 heteroatoms. The van der Waals surface area contributed by atoms with Crippen molar-refractivity contribution in [3.63, 3.8) is 0 Å². The molecule has 3 rings (SSSR count). The van der Waals surface area contributed by atoms with Gasteiger partial charge in [0.15, 0.2) is 11.5 Å². The van der Waals surface area contributed by atoms with Crippen molar-refractivity contribution in [2.24, 2.45) is 5.41 Å². The zero-order valence-electron chi connectivity index (χ0n) is 17.6. The van der Waals surface area contributed by atoms with E-state index in [1.807, 2.05) is 39.0 Å². The minimum absolute atomic E-state index is 0.113. The summed E-state index contributed by atoms with van der Waals surface area (Å²) in [5.74, 6) is 1.55. The van der Waals surface area contributed by atoms with E-state index in [0.29, 0.717) is 5.75 Å². The third kappa shape index (κ3) is 4.56. The van der Waals surface area contributed by atoms with Crippen LogP contribution in [0.2, 0.25) is 0 Å². The van der Waals surface area contributed by atoms with Gasteiger partial charge < -0.3 is 14.3 Å². The van der Waals surface area contributed by atoms with E-state index in [2.05, 4.69) is 42.2 Å². The molecule has 1 aliphatic heterocycles. The first-order valence-corrected chi connectivity index (χ1v) is 9.84. The van der Waals surface area contributed by atoms with E-state index < -0.39 is 5.41 Å². The average molecular weight is 382 g/mol. The van der Waals surface area contributed by atoms with Crippen LogP contribution in [0.15, 0.2) is 48.5 Å². The molecular weight excluding hydrogens is 350 g/mol. The smallest absolute Gasteiger partial charge is 0.162 e. The van der Waals surface area contributed by atoms with E-state index in [9.17, 15) is 4.79 Å². The van der Waals surface area contributed by atoms with Crippen LogP contribution in [-0.4, -0.2) is 37.0 Å². The van der Waals surface area contributed by atoms with Gasteiger partial charge >= 0.3 is 0 Å². The van der Waals surface area contributed by atoms with Gasteiger partial charge in [-0.25, -0.2) is 0 Å². The van der Waals surface area contributed by atoms with E-state index in [1.54, 1.807) is 7.11 Å². The molecule has 1 fully saturated rings. The Morgan fingerprint density at radius 3 is 2.46 bits per heavy atom. The lowest BCUT2D eigenvalue weighted by Crippen LogP contribution is -2.28. The number of hydrogen-bond acceptors (Lipinski definition) is 4. The molecular formula is C24H31NO3. The molecule has 2 aromatic carbocycles. The van der Waals surface area contributed by atoms with Crippen molar-refractivity contribution in [2.45, 2.75) is 45.8 Å². The van der Waals surface area contributed by atoms with Gasteiger partial charge in [0.05, 0.1) is 7.11 Å². The molecule has 0 bridgehead atoms. The van der Waals surface area contributed by atoms with Crippen molar-refractivity contribution < 1.29 is 14.3 Å². The third-order valence-corrected chi connectivity index (χ3v) is 5.33. The summed E-state index contributed by atoms with van der Waals surface area (Å²) < 4.78 is 11.6. The molecule has 2 atom stereocenters. The maximum absolute atomic E-state index is 12.1. The lowest BCUT2D eigenvalue weighted by Gasteiger charge is -2.27. The fraction of sp³-hybridized carbons (Fsp3) is 0.458. The second-order valence-electron chi connectivity index (χ2n) is 8.96. The normalized spacial score (nSPS) is 22.8. The Morgan fingerprint density at radius 1 is 1.14 bits per heavy atom. The molecule has 1 heterocycles. The highest BCUT2D eigenvalue weighted by Crippen LogP contribution is 2.44. The second kappa shape index (κ2) is 7.96. The summed E-state index contributed by atoms with van der Waals surface area (Å²) in [4.78, 5) is 14.4. The van der Waals surface area contributed by atoms with Crippen molar-refractivity contribution in [1.29, 1.82) is 0 Å². The summed E-state index contributed by atoms with van der Waals surface area (Å²) in [5, 5.41) is 0. The summed E-state index contributed by atoms with van der Waals surface area (Å²) in [7, 11) is 1.65. The fourth-order valence-electron chi connectivity index (χ4n) is 4.01. The number of nitrogens with zero attached hydrogens (tertiary/aromatic N) is 1. The number of ether oxygens (including phenoxy) is 2. The van der Waals surface area contributed by atoms with Crippen LogP contribution in [0.1, 0.15) is 44.7 Å². The van der Waals surface area contributed by atoms with Crippen LogP contribution in [0.25, 0.3) is 0 Å². The Hall–Kier alpha value is -2.33. The summed E-state index contributed by atoms with van der Waals surface area (Å²) >= 11 is 0. The van der Waals surface area contributed by atoms with Crippen molar-refractivity contribution >= 4 is 6.29 Å². The van der Waals surface area contributed by atoms with Crippen LogP contribution in [0.4, 0.5) is 0 Å². The van der Waals surface area contributed by atoms with Crippen LogP contribution in [-0.2, 0) is 11.3 Å². The van der Waals surface area contributed by atoms with Crippen LogP contribution in [0, 0.1) is 5.41 Å². The Labute approximate surface area is 168 Å². The molecule has 0 aromatic heterocycles. The number of carbonyl (C=O) groups excluding carboxylic acids is 1. The van der Waals surface area contributed by atoms with E-state index in [4.69, 9.17) is 9.47 Å². The molecule has 1 unspecified atom stereocenters. The zero-order chi connectivity index (χ0) is 20.4. The number of likely N-dealkylation sites (tertiary alicyclic amines) is 1. The molecule has 1 aliphatic rings. The number of aldehydes is 1. The largest absolute Gasteiger partial charge is 0.493 e. The maximum atomic E-state index is 12.1. The Kier molecular flexibility index (Phi) is 5.80. The highest BCUT2D eigenvalue weighted by molar-refractivity contribution is 5.63. The van der Waals surface area contributed by atoms with Crippen LogP contribution < -0.4 is 9.47 Å². The molecule has 2 aromatic rings. The van der Waals surface area contributed by atoms with Crippen molar-refractivity contribution in [1.82, 2.24) is 4.90 Å². The highest BCUT2D eigenvalue weighted by Gasteiger charge is 2.44. The number of benzene rings is 2. The van der Waals surface area contributed by atoms with E-state index in [0.717, 1.165) is 37.2 Å². The zero-order valence-corrected chi connectivity index (χ0v) is 17.6.